The number of nitrogens with zero attached hydrogens (tertiary/aromatic N) is 2. The lowest BCUT2D eigenvalue weighted by Gasteiger charge is -2.34. The zero-order valence-corrected chi connectivity index (χ0v) is 22.4. The number of rotatable bonds is 9. The summed E-state index contributed by atoms with van der Waals surface area (Å²) in [4.78, 5) is 42.7. The molecule has 0 saturated carbocycles. The summed E-state index contributed by atoms with van der Waals surface area (Å²) in [7, 11) is 0. The van der Waals surface area contributed by atoms with Crippen molar-refractivity contribution in [2.75, 3.05) is 51.3 Å². The van der Waals surface area contributed by atoms with Crippen LogP contribution in [0.3, 0.4) is 0 Å². The molecule has 0 aliphatic carbocycles. The van der Waals surface area contributed by atoms with Crippen molar-refractivity contribution in [2.45, 2.75) is 27.3 Å². The Bertz CT molecular complexity index is 1270. The molecule has 9 heteroatoms. The zero-order valence-electron chi connectivity index (χ0n) is 21.5. The van der Waals surface area contributed by atoms with Gasteiger partial charge in [0.1, 0.15) is 9.88 Å². The second-order valence-corrected chi connectivity index (χ2v) is 9.96. The molecule has 37 heavy (non-hydrogen) atoms. The average molecular weight is 524 g/mol. The molecule has 0 radical (unpaired) electrons. The van der Waals surface area contributed by atoms with Gasteiger partial charge in [-0.2, -0.15) is 0 Å². The predicted molar refractivity (Wildman–Crippen MR) is 145 cm³/mol. The van der Waals surface area contributed by atoms with Crippen molar-refractivity contribution in [3.63, 3.8) is 0 Å². The van der Waals surface area contributed by atoms with E-state index < -0.39 is 11.9 Å². The Hall–Kier alpha value is -3.27. The molecule has 0 atom stereocenters. The fourth-order valence-electron chi connectivity index (χ4n) is 4.59. The number of nitrogens with one attached hydrogen (secondary N) is 1. The minimum atomic E-state index is -0.566. The fraction of sp³-hybridized carbons (Fsp3) is 0.393. The van der Waals surface area contributed by atoms with Gasteiger partial charge in [-0.15, -0.1) is 11.3 Å². The Kier molecular flexibility index (Phi) is 8.91. The van der Waals surface area contributed by atoms with Gasteiger partial charge in [0.05, 0.1) is 25.3 Å². The third kappa shape index (κ3) is 6.36. The molecule has 4 rings (SSSR count). The summed E-state index contributed by atoms with van der Waals surface area (Å²) in [6.07, 6.45) is 0. The number of esters is 2. The number of thiophene rings is 1. The van der Waals surface area contributed by atoms with Crippen molar-refractivity contribution in [2.24, 2.45) is 0 Å². The number of ether oxygens (including phenoxy) is 2. The molecule has 1 aliphatic rings. The number of piperazine rings is 1. The molecule has 1 N–H and O–H groups in total. The highest BCUT2D eigenvalue weighted by atomic mass is 32.1. The summed E-state index contributed by atoms with van der Waals surface area (Å²) in [5, 5.41) is 5.68. The highest BCUT2D eigenvalue weighted by Gasteiger charge is 2.28. The molecular formula is C28H33N3O5S. The van der Waals surface area contributed by atoms with Crippen LogP contribution in [0.2, 0.25) is 0 Å². The third-order valence-electron chi connectivity index (χ3n) is 6.45. The Morgan fingerprint density at radius 1 is 0.892 bits per heavy atom. The van der Waals surface area contributed by atoms with Crippen molar-refractivity contribution in [3.8, 4) is 0 Å². The molecule has 1 amide bonds. The SMILES string of the molecule is CCOC(=O)c1sc(NC(=O)CN2CCN(Cc3cccc4ccccc34)CC2)c(C(=O)OCC)c1C. The van der Waals surface area contributed by atoms with Crippen LogP contribution in [0.1, 0.15) is 45.0 Å². The predicted octanol–water partition coefficient (Wildman–Crippen LogP) is 4.32. The van der Waals surface area contributed by atoms with E-state index in [1.54, 1.807) is 20.8 Å². The van der Waals surface area contributed by atoms with E-state index in [9.17, 15) is 14.4 Å². The topological polar surface area (TPSA) is 88.2 Å². The number of carbonyl (C=O) groups excluding carboxylic acids is 3. The van der Waals surface area contributed by atoms with E-state index in [-0.39, 0.29) is 31.2 Å². The van der Waals surface area contributed by atoms with E-state index in [1.807, 2.05) is 0 Å². The molecule has 1 saturated heterocycles. The second-order valence-electron chi connectivity index (χ2n) is 8.94. The van der Waals surface area contributed by atoms with Gasteiger partial charge in [-0.3, -0.25) is 14.6 Å². The Morgan fingerprint density at radius 2 is 1.54 bits per heavy atom. The highest BCUT2D eigenvalue weighted by Crippen LogP contribution is 2.34. The lowest BCUT2D eigenvalue weighted by Crippen LogP contribution is -2.48. The van der Waals surface area contributed by atoms with Crippen LogP contribution in [0.25, 0.3) is 10.8 Å². The molecule has 2 heterocycles. The smallest absolute Gasteiger partial charge is 0.348 e. The maximum atomic E-state index is 12.9. The van der Waals surface area contributed by atoms with Gasteiger partial charge in [0.2, 0.25) is 5.91 Å². The van der Waals surface area contributed by atoms with Gasteiger partial charge >= 0.3 is 11.9 Å². The molecule has 0 unspecified atom stereocenters. The van der Waals surface area contributed by atoms with Crippen LogP contribution in [-0.4, -0.2) is 73.6 Å². The highest BCUT2D eigenvalue weighted by molar-refractivity contribution is 7.18. The maximum Gasteiger partial charge on any atom is 0.348 e. The molecule has 3 aromatic rings. The van der Waals surface area contributed by atoms with Crippen LogP contribution in [0, 0.1) is 6.92 Å². The first-order valence-corrected chi connectivity index (χ1v) is 13.4. The number of fused-ring (bicyclic) bond motifs is 1. The summed E-state index contributed by atoms with van der Waals surface area (Å²) >= 11 is 1.05. The first-order valence-electron chi connectivity index (χ1n) is 12.6. The normalized spacial score (nSPS) is 14.5. The van der Waals surface area contributed by atoms with E-state index in [0.29, 0.717) is 15.4 Å². The Morgan fingerprint density at radius 3 is 2.27 bits per heavy atom. The number of anilines is 1. The van der Waals surface area contributed by atoms with Gasteiger partial charge in [-0.25, -0.2) is 9.59 Å². The van der Waals surface area contributed by atoms with E-state index in [1.165, 1.54) is 16.3 Å². The quantitative estimate of drug-likeness (QED) is 0.418. The van der Waals surface area contributed by atoms with E-state index in [4.69, 9.17) is 9.47 Å². The van der Waals surface area contributed by atoms with Gasteiger partial charge in [-0.05, 0) is 42.7 Å². The van der Waals surface area contributed by atoms with Gasteiger partial charge < -0.3 is 14.8 Å². The maximum absolute atomic E-state index is 12.9. The molecule has 0 spiro atoms. The minimum absolute atomic E-state index is 0.194. The molecule has 2 aromatic carbocycles. The number of benzene rings is 2. The first-order chi connectivity index (χ1) is 17.9. The fourth-order valence-corrected chi connectivity index (χ4v) is 5.69. The lowest BCUT2D eigenvalue weighted by molar-refractivity contribution is -0.117. The summed E-state index contributed by atoms with van der Waals surface area (Å²) < 4.78 is 10.3. The summed E-state index contributed by atoms with van der Waals surface area (Å²) in [5.74, 6) is -1.31. The van der Waals surface area contributed by atoms with Crippen molar-refractivity contribution >= 4 is 45.0 Å². The van der Waals surface area contributed by atoms with Crippen LogP contribution >= 0.6 is 11.3 Å². The molecule has 196 valence electrons. The van der Waals surface area contributed by atoms with Gasteiger partial charge in [0.25, 0.3) is 0 Å². The molecule has 0 bridgehead atoms. The lowest BCUT2D eigenvalue weighted by atomic mass is 10.0. The number of hydrogen-bond donors (Lipinski definition) is 1. The van der Waals surface area contributed by atoms with Crippen molar-refractivity contribution in [1.82, 2.24) is 9.80 Å². The van der Waals surface area contributed by atoms with Crippen LogP contribution < -0.4 is 5.32 Å². The number of amides is 1. The van der Waals surface area contributed by atoms with Gasteiger partial charge in [0, 0.05) is 32.7 Å². The van der Waals surface area contributed by atoms with Crippen molar-refractivity contribution < 1.29 is 23.9 Å². The Balaban J connectivity index is 1.36. The minimum Gasteiger partial charge on any atom is -0.462 e. The second kappa shape index (κ2) is 12.3. The molecule has 1 aliphatic heterocycles. The standard InChI is InChI=1S/C28H33N3O5S/c1-4-35-27(33)24-19(3)25(28(34)36-5-2)37-26(24)29-23(32)18-31-15-13-30(14-16-31)17-21-11-8-10-20-9-6-7-12-22(20)21/h6-12H,4-5,13-18H2,1-3H3,(H,29,32). The summed E-state index contributed by atoms with van der Waals surface area (Å²) in [6.45, 7) is 9.83. The summed E-state index contributed by atoms with van der Waals surface area (Å²) in [6, 6.07) is 14.8. The first kappa shape index (κ1) is 26.8. The van der Waals surface area contributed by atoms with Crippen LogP contribution in [0.15, 0.2) is 42.5 Å². The molecule has 8 nitrogen and oxygen atoms in total. The number of hydrogen-bond acceptors (Lipinski definition) is 8. The molecule has 1 fully saturated rings. The molecular weight excluding hydrogens is 490 g/mol. The average Bonchev–Trinajstić information content (AvgIpc) is 3.21. The zero-order chi connectivity index (χ0) is 26.4. The monoisotopic (exact) mass is 523 g/mol. The third-order valence-corrected chi connectivity index (χ3v) is 7.63. The molecule has 1 aromatic heterocycles. The summed E-state index contributed by atoms with van der Waals surface area (Å²) in [5.41, 5.74) is 1.98. The van der Waals surface area contributed by atoms with Gasteiger partial charge in [0.15, 0.2) is 0 Å². The van der Waals surface area contributed by atoms with E-state index in [2.05, 4.69) is 57.6 Å². The number of carbonyl (C=O) groups is 3. The van der Waals surface area contributed by atoms with Gasteiger partial charge in [-0.1, -0.05) is 42.5 Å². The van der Waals surface area contributed by atoms with E-state index >= 15 is 0 Å². The van der Waals surface area contributed by atoms with Crippen LogP contribution in [-0.2, 0) is 20.8 Å². The van der Waals surface area contributed by atoms with E-state index in [0.717, 1.165) is 44.1 Å². The Labute approximate surface area is 221 Å². The van der Waals surface area contributed by atoms with Crippen molar-refractivity contribution in [3.05, 3.63) is 64.0 Å². The van der Waals surface area contributed by atoms with Crippen molar-refractivity contribution in [1.29, 1.82) is 0 Å². The largest absolute Gasteiger partial charge is 0.462 e. The van der Waals surface area contributed by atoms with Crippen LogP contribution in [0.5, 0.6) is 0 Å². The van der Waals surface area contributed by atoms with Crippen LogP contribution in [0.4, 0.5) is 5.00 Å².